The van der Waals surface area contributed by atoms with Crippen LogP contribution in [0.4, 0.5) is 4.39 Å². The number of halogens is 4. The van der Waals surface area contributed by atoms with Gasteiger partial charge in [0, 0.05) is 23.1 Å². The maximum atomic E-state index is 12.7. The van der Waals surface area contributed by atoms with Crippen molar-refractivity contribution in [3.05, 3.63) is 69.5 Å². The van der Waals surface area contributed by atoms with Crippen molar-refractivity contribution in [2.75, 3.05) is 0 Å². The summed E-state index contributed by atoms with van der Waals surface area (Å²) in [6.07, 6.45) is 0. The number of hydrogen-bond donors (Lipinski definition) is 1. The van der Waals surface area contributed by atoms with Gasteiger partial charge in [-0.25, -0.2) is 4.39 Å². The molecule has 102 valence electrons. The van der Waals surface area contributed by atoms with Crippen LogP contribution in [0.15, 0.2) is 42.5 Å². The molecule has 0 spiro atoms. The maximum Gasteiger partial charge on any atom is 0.123 e. The number of hydrogen-bond acceptors (Lipinski definition) is 1. The second kappa shape index (κ2) is 7.71. The Hall–Kier alpha value is -0.800. The topological polar surface area (TPSA) is 12.0 Å². The summed E-state index contributed by atoms with van der Waals surface area (Å²) in [6.45, 7) is 1.31. The molecule has 19 heavy (non-hydrogen) atoms. The van der Waals surface area contributed by atoms with E-state index in [0.717, 1.165) is 11.1 Å². The van der Waals surface area contributed by atoms with E-state index in [2.05, 4.69) is 5.32 Å². The van der Waals surface area contributed by atoms with E-state index in [9.17, 15) is 4.39 Å². The molecule has 0 aliphatic rings. The first-order valence-corrected chi connectivity index (χ1v) is 6.30. The van der Waals surface area contributed by atoms with E-state index in [-0.39, 0.29) is 18.2 Å². The van der Waals surface area contributed by atoms with Crippen molar-refractivity contribution >= 4 is 35.6 Å². The summed E-state index contributed by atoms with van der Waals surface area (Å²) in [5.74, 6) is -0.223. The normalized spacial score (nSPS) is 10.1. The molecule has 0 saturated heterocycles. The highest BCUT2D eigenvalue weighted by molar-refractivity contribution is 6.35. The zero-order valence-electron chi connectivity index (χ0n) is 10.00. The fourth-order valence-electron chi connectivity index (χ4n) is 1.61. The second-order valence-electron chi connectivity index (χ2n) is 3.97. The van der Waals surface area contributed by atoms with Gasteiger partial charge in [-0.3, -0.25) is 0 Å². The summed E-state index contributed by atoms with van der Waals surface area (Å²) in [5.41, 5.74) is 2.02. The van der Waals surface area contributed by atoms with Gasteiger partial charge in [-0.15, -0.1) is 12.4 Å². The first-order chi connectivity index (χ1) is 8.65. The van der Waals surface area contributed by atoms with Crippen molar-refractivity contribution in [1.82, 2.24) is 5.32 Å². The molecule has 0 bridgehead atoms. The van der Waals surface area contributed by atoms with Crippen LogP contribution in [0.2, 0.25) is 10.0 Å². The number of nitrogens with one attached hydrogen (secondary N) is 1. The lowest BCUT2D eigenvalue weighted by Crippen LogP contribution is -2.12. The first-order valence-electron chi connectivity index (χ1n) is 5.54. The highest BCUT2D eigenvalue weighted by atomic mass is 35.5. The zero-order chi connectivity index (χ0) is 13.0. The van der Waals surface area contributed by atoms with E-state index >= 15 is 0 Å². The highest BCUT2D eigenvalue weighted by Gasteiger charge is 2.01. The van der Waals surface area contributed by atoms with Gasteiger partial charge in [-0.1, -0.05) is 41.4 Å². The van der Waals surface area contributed by atoms with Gasteiger partial charge in [0.25, 0.3) is 0 Å². The van der Waals surface area contributed by atoms with Gasteiger partial charge in [-0.05, 0) is 35.4 Å². The lowest BCUT2D eigenvalue weighted by molar-refractivity contribution is 0.625. The van der Waals surface area contributed by atoms with Gasteiger partial charge in [-0.2, -0.15) is 0 Å². The van der Waals surface area contributed by atoms with E-state index in [0.29, 0.717) is 23.1 Å². The molecule has 0 unspecified atom stereocenters. The van der Waals surface area contributed by atoms with E-state index in [1.165, 1.54) is 12.1 Å². The Morgan fingerprint density at radius 3 is 2.26 bits per heavy atom. The van der Waals surface area contributed by atoms with Crippen molar-refractivity contribution in [2.45, 2.75) is 13.1 Å². The quantitative estimate of drug-likeness (QED) is 0.849. The van der Waals surface area contributed by atoms with Crippen LogP contribution in [-0.2, 0) is 13.1 Å². The predicted octanol–water partition coefficient (Wildman–Crippen LogP) is 4.84. The molecule has 2 rings (SSSR count). The van der Waals surface area contributed by atoms with Gasteiger partial charge < -0.3 is 5.32 Å². The standard InChI is InChI=1S/C14H12Cl2FN.ClH/c15-12-4-3-11(14(16)7-12)9-18-8-10-1-5-13(17)6-2-10;/h1-7,18H,8-9H2;1H. The Morgan fingerprint density at radius 1 is 0.947 bits per heavy atom. The summed E-state index contributed by atoms with van der Waals surface area (Å²) in [6, 6.07) is 11.8. The van der Waals surface area contributed by atoms with Crippen molar-refractivity contribution in [2.24, 2.45) is 0 Å². The fourth-order valence-corrected chi connectivity index (χ4v) is 2.08. The van der Waals surface area contributed by atoms with Crippen LogP contribution in [0, 0.1) is 5.82 Å². The van der Waals surface area contributed by atoms with Gasteiger partial charge >= 0.3 is 0 Å². The third-order valence-corrected chi connectivity index (χ3v) is 3.16. The number of benzene rings is 2. The van der Waals surface area contributed by atoms with E-state index in [4.69, 9.17) is 23.2 Å². The zero-order valence-corrected chi connectivity index (χ0v) is 12.3. The average Bonchev–Trinajstić information content (AvgIpc) is 2.34. The first kappa shape index (κ1) is 16.3. The van der Waals surface area contributed by atoms with Crippen LogP contribution in [0.3, 0.4) is 0 Å². The van der Waals surface area contributed by atoms with Crippen LogP contribution in [0.25, 0.3) is 0 Å². The Labute approximate surface area is 128 Å². The molecule has 5 heteroatoms. The van der Waals surface area contributed by atoms with Crippen LogP contribution >= 0.6 is 35.6 Å². The highest BCUT2D eigenvalue weighted by Crippen LogP contribution is 2.20. The molecule has 0 fully saturated rings. The minimum absolute atomic E-state index is 0. The molecule has 0 aromatic heterocycles. The summed E-state index contributed by atoms with van der Waals surface area (Å²) in [7, 11) is 0. The van der Waals surface area contributed by atoms with E-state index < -0.39 is 0 Å². The Bertz CT molecular complexity index is 529. The van der Waals surface area contributed by atoms with Crippen LogP contribution in [-0.4, -0.2) is 0 Å². The molecule has 0 saturated carbocycles. The molecule has 2 aromatic carbocycles. The lowest BCUT2D eigenvalue weighted by Gasteiger charge is -2.07. The molecule has 0 aliphatic carbocycles. The monoisotopic (exact) mass is 319 g/mol. The molecule has 0 atom stereocenters. The lowest BCUT2D eigenvalue weighted by atomic mass is 10.2. The Balaban J connectivity index is 0.00000180. The summed E-state index contributed by atoms with van der Waals surface area (Å²) in [4.78, 5) is 0. The van der Waals surface area contributed by atoms with Crippen LogP contribution < -0.4 is 5.32 Å². The van der Waals surface area contributed by atoms with Crippen molar-refractivity contribution in [3.63, 3.8) is 0 Å². The third-order valence-electron chi connectivity index (χ3n) is 2.57. The molecular weight excluding hydrogens is 308 g/mol. The maximum absolute atomic E-state index is 12.7. The van der Waals surface area contributed by atoms with E-state index in [1.54, 1.807) is 18.2 Å². The second-order valence-corrected chi connectivity index (χ2v) is 4.81. The average molecular weight is 321 g/mol. The molecule has 0 aliphatic heterocycles. The van der Waals surface area contributed by atoms with Gasteiger partial charge in [0.15, 0.2) is 0 Å². The third kappa shape index (κ3) is 5.00. The van der Waals surface area contributed by atoms with Crippen LogP contribution in [0.5, 0.6) is 0 Å². The summed E-state index contributed by atoms with van der Waals surface area (Å²) >= 11 is 11.9. The molecule has 0 amide bonds. The molecule has 1 nitrogen and oxygen atoms in total. The smallest absolute Gasteiger partial charge is 0.123 e. The van der Waals surface area contributed by atoms with Gasteiger partial charge in [0.1, 0.15) is 5.82 Å². The SMILES string of the molecule is Cl.Fc1ccc(CNCc2ccc(Cl)cc2Cl)cc1. The molecule has 0 radical (unpaired) electrons. The molecule has 0 heterocycles. The minimum atomic E-state index is -0.223. The summed E-state index contributed by atoms with van der Waals surface area (Å²) < 4.78 is 12.7. The van der Waals surface area contributed by atoms with Crippen molar-refractivity contribution < 1.29 is 4.39 Å². The van der Waals surface area contributed by atoms with Gasteiger partial charge in [0.05, 0.1) is 0 Å². The summed E-state index contributed by atoms with van der Waals surface area (Å²) in [5, 5.41) is 4.52. The number of rotatable bonds is 4. The molecular formula is C14H13Cl3FN. The van der Waals surface area contributed by atoms with E-state index in [1.807, 2.05) is 12.1 Å². The van der Waals surface area contributed by atoms with Crippen LogP contribution in [0.1, 0.15) is 11.1 Å². The van der Waals surface area contributed by atoms with Crippen molar-refractivity contribution in [1.29, 1.82) is 0 Å². The fraction of sp³-hybridized carbons (Fsp3) is 0.143. The Kier molecular flexibility index (Phi) is 6.59. The molecule has 2 aromatic rings. The predicted molar refractivity (Wildman–Crippen MR) is 80.7 cm³/mol. The molecule has 1 N–H and O–H groups in total. The largest absolute Gasteiger partial charge is 0.309 e. The van der Waals surface area contributed by atoms with Gasteiger partial charge in [0.2, 0.25) is 0 Å². The Morgan fingerprint density at radius 2 is 1.63 bits per heavy atom. The minimum Gasteiger partial charge on any atom is -0.309 e. The van der Waals surface area contributed by atoms with Crippen molar-refractivity contribution in [3.8, 4) is 0 Å².